The summed E-state index contributed by atoms with van der Waals surface area (Å²) in [5.74, 6) is 8.71. The van der Waals surface area contributed by atoms with Crippen molar-refractivity contribution in [1.29, 1.82) is 0 Å². The molecule has 25 heavy (non-hydrogen) atoms. The summed E-state index contributed by atoms with van der Waals surface area (Å²) in [6.07, 6.45) is 7.68. The number of aliphatic hydroxyl groups is 1. The Labute approximate surface area is 160 Å². The van der Waals surface area contributed by atoms with E-state index in [1.165, 1.54) is 32.1 Å². The smallest absolute Gasteiger partial charge is 0.306 e. The van der Waals surface area contributed by atoms with E-state index < -0.39 is 0 Å². The lowest BCUT2D eigenvalue weighted by atomic mass is 9.64. The van der Waals surface area contributed by atoms with Crippen molar-refractivity contribution in [3.8, 4) is 0 Å². The Balaban J connectivity index is 1.16. The van der Waals surface area contributed by atoms with E-state index >= 15 is 0 Å². The van der Waals surface area contributed by atoms with Crippen LogP contribution in [0.1, 0.15) is 38.5 Å². The first-order valence-corrected chi connectivity index (χ1v) is 11.8. The van der Waals surface area contributed by atoms with Crippen molar-refractivity contribution >= 4 is 30.4 Å². The summed E-state index contributed by atoms with van der Waals surface area (Å²) >= 11 is 6.92. The average Bonchev–Trinajstić information content (AvgIpc) is 3.34. The van der Waals surface area contributed by atoms with E-state index in [9.17, 15) is 4.79 Å². The van der Waals surface area contributed by atoms with Crippen LogP contribution in [0.4, 0.5) is 0 Å². The number of esters is 1. The van der Waals surface area contributed by atoms with Crippen LogP contribution in [0.15, 0.2) is 0 Å². The zero-order valence-corrected chi connectivity index (χ0v) is 16.5. The van der Waals surface area contributed by atoms with Gasteiger partial charge in [-0.2, -0.15) is 24.4 Å². The number of thioether (sulfide) groups is 1. The maximum atomic E-state index is 11.6. The van der Waals surface area contributed by atoms with Crippen LogP contribution >= 0.6 is 24.4 Å². The lowest BCUT2D eigenvalue weighted by Gasteiger charge is -2.42. The second kappa shape index (κ2) is 6.63. The van der Waals surface area contributed by atoms with Crippen molar-refractivity contribution in [2.45, 2.75) is 49.0 Å². The Morgan fingerprint density at radius 3 is 2.52 bits per heavy atom. The predicted octanol–water partition coefficient (Wildman–Crippen LogP) is 3.26. The first-order chi connectivity index (χ1) is 12.2. The lowest BCUT2D eigenvalue weighted by Crippen LogP contribution is -2.39. The molecule has 5 heteroatoms. The maximum Gasteiger partial charge on any atom is 0.306 e. The number of thiol groups is 1. The third-order valence-electron chi connectivity index (χ3n) is 8.36. The fraction of sp³-hybridized carbons (Fsp3) is 0.950. The molecule has 0 aromatic rings. The Morgan fingerprint density at radius 2 is 1.76 bits per heavy atom. The third-order valence-corrected chi connectivity index (χ3v) is 10.3. The van der Waals surface area contributed by atoms with Gasteiger partial charge >= 0.3 is 5.97 Å². The molecule has 5 aliphatic carbocycles. The van der Waals surface area contributed by atoms with Gasteiger partial charge in [-0.3, -0.25) is 4.79 Å². The fourth-order valence-electron chi connectivity index (χ4n) is 7.92. The molecule has 0 amide bonds. The zero-order chi connectivity index (χ0) is 17.1. The van der Waals surface area contributed by atoms with Gasteiger partial charge in [0.25, 0.3) is 0 Å². The summed E-state index contributed by atoms with van der Waals surface area (Å²) in [5, 5.41) is 10.2. The number of carbonyl (C=O) groups is 1. The van der Waals surface area contributed by atoms with Crippen molar-refractivity contribution in [2.24, 2.45) is 47.3 Å². The minimum atomic E-state index is -0.161. The highest BCUT2D eigenvalue weighted by Crippen LogP contribution is 2.73. The SMILES string of the molecule is O=C(CCSC1CC2C(C1)C1CC2C2C3CC(S)C(C3)C12)OCCO. The molecule has 5 saturated carbocycles. The molecule has 0 saturated heterocycles. The molecule has 0 heterocycles. The van der Waals surface area contributed by atoms with Crippen LogP contribution in [0.25, 0.3) is 0 Å². The van der Waals surface area contributed by atoms with E-state index in [0.717, 1.165) is 58.3 Å². The number of fused-ring (bicyclic) bond motifs is 12. The van der Waals surface area contributed by atoms with E-state index in [1.807, 2.05) is 11.8 Å². The van der Waals surface area contributed by atoms with Crippen LogP contribution in [0, 0.1) is 47.3 Å². The molecule has 10 unspecified atom stereocenters. The molecule has 140 valence electrons. The normalized spacial score (nSPS) is 51.8. The van der Waals surface area contributed by atoms with Crippen LogP contribution in [-0.4, -0.2) is 40.5 Å². The molecule has 5 rings (SSSR count). The van der Waals surface area contributed by atoms with Gasteiger partial charge < -0.3 is 9.84 Å². The van der Waals surface area contributed by atoms with E-state index in [4.69, 9.17) is 22.5 Å². The predicted molar refractivity (Wildman–Crippen MR) is 103 cm³/mol. The van der Waals surface area contributed by atoms with Crippen LogP contribution in [0.2, 0.25) is 0 Å². The van der Waals surface area contributed by atoms with Gasteiger partial charge in [0.2, 0.25) is 0 Å². The Kier molecular flexibility index (Phi) is 4.57. The average molecular weight is 383 g/mol. The molecule has 3 nitrogen and oxygen atoms in total. The van der Waals surface area contributed by atoms with Gasteiger partial charge in [-0.1, -0.05) is 0 Å². The Bertz CT molecular complexity index is 541. The monoisotopic (exact) mass is 382 g/mol. The highest BCUT2D eigenvalue weighted by atomic mass is 32.2. The van der Waals surface area contributed by atoms with Gasteiger partial charge in [0.15, 0.2) is 0 Å². The van der Waals surface area contributed by atoms with Gasteiger partial charge in [0.1, 0.15) is 6.61 Å². The fourth-order valence-corrected chi connectivity index (χ4v) is 9.84. The van der Waals surface area contributed by atoms with Gasteiger partial charge in [-0.25, -0.2) is 0 Å². The number of hydrogen-bond acceptors (Lipinski definition) is 5. The molecule has 0 aromatic carbocycles. The highest BCUT2D eigenvalue weighted by Gasteiger charge is 2.68. The van der Waals surface area contributed by atoms with Gasteiger partial charge in [-0.05, 0) is 79.4 Å². The van der Waals surface area contributed by atoms with Crippen molar-refractivity contribution in [1.82, 2.24) is 0 Å². The van der Waals surface area contributed by atoms with Crippen LogP contribution in [-0.2, 0) is 9.53 Å². The molecule has 0 radical (unpaired) electrons. The maximum absolute atomic E-state index is 11.6. The first-order valence-electron chi connectivity index (χ1n) is 10.2. The zero-order valence-electron chi connectivity index (χ0n) is 14.8. The molecular formula is C20H30O3S2. The minimum Gasteiger partial charge on any atom is -0.463 e. The quantitative estimate of drug-likeness (QED) is 0.420. The molecule has 0 spiro atoms. The topological polar surface area (TPSA) is 46.5 Å². The number of rotatable bonds is 6. The lowest BCUT2D eigenvalue weighted by molar-refractivity contribution is -0.144. The molecular weight excluding hydrogens is 352 g/mol. The highest BCUT2D eigenvalue weighted by molar-refractivity contribution is 7.99. The standard InChI is InChI=1S/C20H30O3S2/c21-2-3-23-18(22)1-4-25-11-7-12-13(8-11)15-9-14(12)19-10-5-16(20(15)19)17(24)6-10/h10-17,19-21,24H,1-9H2. The summed E-state index contributed by atoms with van der Waals surface area (Å²) in [5.41, 5.74) is 0. The first kappa shape index (κ1) is 17.2. The molecule has 0 aromatic heterocycles. The third kappa shape index (κ3) is 2.70. The number of aliphatic hydroxyl groups excluding tert-OH is 1. The molecule has 5 aliphatic rings. The second-order valence-corrected chi connectivity index (χ2v) is 11.2. The van der Waals surface area contributed by atoms with Crippen molar-refractivity contribution in [3.05, 3.63) is 0 Å². The van der Waals surface area contributed by atoms with Crippen LogP contribution < -0.4 is 0 Å². The number of ether oxygens (including phenoxy) is 1. The van der Waals surface area contributed by atoms with E-state index in [2.05, 4.69) is 0 Å². The molecule has 0 aliphatic heterocycles. The molecule has 1 N–H and O–H groups in total. The Hall–Kier alpha value is 0.130. The van der Waals surface area contributed by atoms with Crippen molar-refractivity contribution < 1.29 is 14.6 Å². The second-order valence-electron chi connectivity index (χ2n) is 9.17. The van der Waals surface area contributed by atoms with Gasteiger partial charge in [-0.15, -0.1) is 0 Å². The molecule has 4 bridgehead atoms. The summed E-state index contributed by atoms with van der Waals surface area (Å²) < 4.78 is 4.96. The largest absolute Gasteiger partial charge is 0.463 e. The van der Waals surface area contributed by atoms with Crippen LogP contribution in [0.3, 0.4) is 0 Å². The van der Waals surface area contributed by atoms with E-state index in [0.29, 0.717) is 11.7 Å². The summed E-state index contributed by atoms with van der Waals surface area (Å²) in [6.45, 7) is 0.0583. The van der Waals surface area contributed by atoms with Crippen molar-refractivity contribution in [3.63, 3.8) is 0 Å². The van der Waals surface area contributed by atoms with Crippen LogP contribution in [0.5, 0.6) is 0 Å². The number of carbonyl (C=O) groups excluding carboxylic acids is 1. The Morgan fingerprint density at radius 1 is 1.00 bits per heavy atom. The summed E-state index contributed by atoms with van der Waals surface area (Å²) in [7, 11) is 0. The van der Waals surface area contributed by atoms with Crippen molar-refractivity contribution in [2.75, 3.05) is 19.0 Å². The summed E-state index contributed by atoms with van der Waals surface area (Å²) in [4.78, 5) is 11.6. The molecule has 5 fully saturated rings. The summed E-state index contributed by atoms with van der Waals surface area (Å²) in [6, 6.07) is 0. The molecule has 10 atom stereocenters. The van der Waals surface area contributed by atoms with Gasteiger partial charge in [0.05, 0.1) is 13.0 Å². The van der Waals surface area contributed by atoms with E-state index in [1.54, 1.807) is 0 Å². The van der Waals surface area contributed by atoms with Gasteiger partial charge in [0, 0.05) is 16.3 Å². The number of hydrogen-bond donors (Lipinski definition) is 2. The minimum absolute atomic E-state index is 0.0783. The van der Waals surface area contributed by atoms with E-state index in [-0.39, 0.29) is 19.2 Å².